The zero-order valence-corrected chi connectivity index (χ0v) is 16.7. The molecule has 3 N–H and O–H groups in total. The van der Waals surface area contributed by atoms with Gasteiger partial charge in [-0.25, -0.2) is 0 Å². The number of nitro benzene ring substituents is 1. The molecular weight excluding hydrogens is 392 g/mol. The number of non-ortho nitro benzene ring substituents is 1. The fourth-order valence-electron chi connectivity index (χ4n) is 2.19. The van der Waals surface area contributed by atoms with E-state index in [2.05, 4.69) is 16.2 Å². The predicted octanol–water partition coefficient (Wildman–Crippen LogP) is 2.42. The molecule has 0 saturated heterocycles. The largest absolute Gasteiger partial charge is 0.481 e. The molecule has 1 unspecified atom stereocenters. The number of ether oxygens (including phenoxy) is 1. The second-order valence-electron chi connectivity index (χ2n) is 6.68. The zero-order chi connectivity index (χ0) is 22.3. The van der Waals surface area contributed by atoms with E-state index in [4.69, 9.17) is 4.74 Å². The highest BCUT2D eigenvalue weighted by atomic mass is 16.6. The Bertz CT molecular complexity index is 925. The summed E-state index contributed by atoms with van der Waals surface area (Å²) in [5.74, 6) is -1.19. The molecular formula is C20H22N4O6. The first-order valence-corrected chi connectivity index (χ1v) is 9.09. The van der Waals surface area contributed by atoms with Gasteiger partial charge in [-0.2, -0.15) is 0 Å². The Morgan fingerprint density at radius 2 is 1.50 bits per heavy atom. The molecule has 0 spiro atoms. The molecule has 10 nitrogen and oxygen atoms in total. The molecule has 0 heterocycles. The maximum absolute atomic E-state index is 12.2. The molecule has 0 radical (unpaired) electrons. The van der Waals surface area contributed by atoms with Crippen molar-refractivity contribution in [1.82, 2.24) is 10.9 Å². The van der Waals surface area contributed by atoms with Crippen molar-refractivity contribution in [2.24, 2.45) is 5.92 Å². The van der Waals surface area contributed by atoms with Gasteiger partial charge in [-0.05, 0) is 43.3 Å². The van der Waals surface area contributed by atoms with Crippen LogP contribution in [0.3, 0.4) is 0 Å². The van der Waals surface area contributed by atoms with E-state index >= 15 is 0 Å². The van der Waals surface area contributed by atoms with Crippen LogP contribution in [-0.4, -0.2) is 28.7 Å². The third-order valence-corrected chi connectivity index (χ3v) is 3.97. The average molecular weight is 414 g/mol. The Kier molecular flexibility index (Phi) is 7.45. The van der Waals surface area contributed by atoms with Gasteiger partial charge in [-0.3, -0.25) is 35.3 Å². The fourth-order valence-corrected chi connectivity index (χ4v) is 2.19. The lowest BCUT2D eigenvalue weighted by atomic mass is 10.1. The summed E-state index contributed by atoms with van der Waals surface area (Å²) in [4.78, 5) is 46.0. The first-order valence-electron chi connectivity index (χ1n) is 9.09. The summed E-state index contributed by atoms with van der Waals surface area (Å²) < 4.78 is 5.39. The second kappa shape index (κ2) is 10.0. The number of hydrogen-bond acceptors (Lipinski definition) is 6. The first-order chi connectivity index (χ1) is 14.2. The van der Waals surface area contributed by atoms with Gasteiger partial charge >= 0.3 is 0 Å². The van der Waals surface area contributed by atoms with Gasteiger partial charge in [0.25, 0.3) is 17.5 Å². The van der Waals surface area contributed by atoms with Crippen molar-refractivity contribution >= 4 is 29.1 Å². The van der Waals surface area contributed by atoms with Gasteiger partial charge in [0.05, 0.1) is 4.92 Å². The van der Waals surface area contributed by atoms with Crippen molar-refractivity contribution in [1.29, 1.82) is 0 Å². The van der Waals surface area contributed by atoms with E-state index < -0.39 is 22.8 Å². The topological polar surface area (TPSA) is 140 Å². The quantitative estimate of drug-likeness (QED) is 0.470. The van der Waals surface area contributed by atoms with Gasteiger partial charge in [0.15, 0.2) is 6.10 Å². The summed E-state index contributed by atoms with van der Waals surface area (Å²) >= 11 is 0. The van der Waals surface area contributed by atoms with E-state index in [0.717, 1.165) is 0 Å². The third-order valence-electron chi connectivity index (χ3n) is 3.97. The molecule has 0 saturated carbocycles. The number of amides is 3. The van der Waals surface area contributed by atoms with Crippen molar-refractivity contribution in [3.8, 4) is 5.75 Å². The molecule has 30 heavy (non-hydrogen) atoms. The number of nitro groups is 1. The maximum atomic E-state index is 12.2. The summed E-state index contributed by atoms with van der Waals surface area (Å²) in [6, 6.07) is 11.4. The molecule has 2 rings (SSSR count). The minimum Gasteiger partial charge on any atom is -0.481 e. The van der Waals surface area contributed by atoms with E-state index in [1.54, 1.807) is 26.0 Å². The van der Waals surface area contributed by atoms with Crippen LogP contribution >= 0.6 is 0 Å². The molecule has 2 aromatic rings. The lowest BCUT2D eigenvalue weighted by Crippen LogP contribution is -2.47. The Morgan fingerprint density at radius 1 is 0.900 bits per heavy atom. The third kappa shape index (κ3) is 6.30. The van der Waals surface area contributed by atoms with Gasteiger partial charge < -0.3 is 10.1 Å². The van der Waals surface area contributed by atoms with Crippen LogP contribution in [0, 0.1) is 16.0 Å². The Morgan fingerprint density at radius 3 is 2.03 bits per heavy atom. The summed E-state index contributed by atoms with van der Waals surface area (Å²) in [6.45, 7) is 5.01. The van der Waals surface area contributed by atoms with Crippen molar-refractivity contribution in [3.63, 3.8) is 0 Å². The first kappa shape index (κ1) is 22.3. The highest BCUT2D eigenvalue weighted by Crippen LogP contribution is 2.18. The molecule has 0 aliphatic carbocycles. The second-order valence-corrected chi connectivity index (χ2v) is 6.68. The summed E-state index contributed by atoms with van der Waals surface area (Å²) in [5.41, 5.74) is 5.26. The number of carbonyl (C=O) groups excluding carboxylic acids is 3. The maximum Gasteiger partial charge on any atom is 0.279 e. The van der Waals surface area contributed by atoms with E-state index in [1.807, 2.05) is 0 Å². The van der Waals surface area contributed by atoms with E-state index in [-0.39, 0.29) is 28.8 Å². The van der Waals surface area contributed by atoms with Crippen LogP contribution in [-0.2, 0) is 9.59 Å². The van der Waals surface area contributed by atoms with Gasteiger partial charge in [0.2, 0.25) is 5.91 Å². The molecule has 0 aromatic heterocycles. The average Bonchev–Trinajstić information content (AvgIpc) is 2.72. The van der Waals surface area contributed by atoms with Crippen molar-refractivity contribution in [2.75, 3.05) is 5.32 Å². The molecule has 0 fully saturated rings. The Hall–Kier alpha value is -3.95. The Balaban J connectivity index is 1.85. The highest BCUT2D eigenvalue weighted by molar-refractivity contribution is 5.97. The van der Waals surface area contributed by atoms with Crippen molar-refractivity contribution < 1.29 is 24.0 Å². The smallest absolute Gasteiger partial charge is 0.279 e. The van der Waals surface area contributed by atoms with Crippen LogP contribution in [0.25, 0.3) is 0 Å². The van der Waals surface area contributed by atoms with E-state index in [9.17, 15) is 24.5 Å². The molecule has 2 aromatic carbocycles. The number of anilines is 1. The molecule has 3 amide bonds. The summed E-state index contributed by atoms with van der Waals surface area (Å²) in [5, 5.41) is 13.4. The van der Waals surface area contributed by atoms with Gasteiger partial charge in [0, 0.05) is 29.3 Å². The zero-order valence-electron chi connectivity index (χ0n) is 16.7. The standard InChI is InChI=1S/C20H22N4O6/c1-12(2)18(25)21-15-6-4-14(5-7-15)20(27)23-22-19(26)13(3)30-17-10-8-16(9-11-17)24(28)29/h4-13H,1-3H3,(H,21,25)(H,22,26)(H,23,27). The molecule has 0 aliphatic rings. The lowest BCUT2D eigenvalue weighted by molar-refractivity contribution is -0.384. The minimum absolute atomic E-state index is 0.0958. The summed E-state index contributed by atoms with van der Waals surface area (Å²) in [6.07, 6.45) is -0.958. The van der Waals surface area contributed by atoms with Gasteiger partial charge in [-0.1, -0.05) is 13.8 Å². The van der Waals surface area contributed by atoms with Crippen LogP contribution in [0.1, 0.15) is 31.1 Å². The number of hydrogen-bond donors (Lipinski definition) is 3. The minimum atomic E-state index is -0.958. The highest BCUT2D eigenvalue weighted by Gasteiger charge is 2.17. The normalized spacial score (nSPS) is 11.3. The SMILES string of the molecule is CC(C)C(=O)Nc1ccc(C(=O)NNC(=O)C(C)Oc2ccc([N+](=O)[O-])cc2)cc1. The number of nitrogens with zero attached hydrogens (tertiary/aromatic N) is 1. The molecule has 0 aliphatic heterocycles. The monoisotopic (exact) mass is 414 g/mol. The van der Waals surface area contributed by atoms with Crippen LogP contribution in [0.15, 0.2) is 48.5 Å². The van der Waals surface area contributed by atoms with Crippen molar-refractivity contribution in [2.45, 2.75) is 26.9 Å². The lowest BCUT2D eigenvalue weighted by Gasteiger charge is -2.15. The number of rotatable bonds is 7. The Labute approximate surface area is 172 Å². The van der Waals surface area contributed by atoms with Crippen LogP contribution < -0.4 is 20.9 Å². The van der Waals surface area contributed by atoms with Crippen LogP contribution in [0.4, 0.5) is 11.4 Å². The van der Waals surface area contributed by atoms with Crippen molar-refractivity contribution in [3.05, 3.63) is 64.2 Å². The molecule has 1 atom stereocenters. The van der Waals surface area contributed by atoms with Gasteiger partial charge in [-0.15, -0.1) is 0 Å². The molecule has 10 heteroatoms. The van der Waals surface area contributed by atoms with Crippen LogP contribution in [0.5, 0.6) is 5.75 Å². The predicted molar refractivity (Wildman–Crippen MR) is 109 cm³/mol. The van der Waals surface area contributed by atoms with Crippen LogP contribution in [0.2, 0.25) is 0 Å². The number of hydrazine groups is 1. The molecule has 0 bridgehead atoms. The van der Waals surface area contributed by atoms with E-state index in [0.29, 0.717) is 5.69 Å². The molecule has 158 valence electrons. The van der Waals surface area contributed by atoms with Gasteiger partial charge in [0.1, 0.15) is 5.75 Å². The number of carbonyl (C=O) groups is 3. The number of benzene rings is 2. The number of nitrogens with one attached hydrogen (secondary N) is 3. The fraction of sp³-hybridized carbons (Fsp3) is 0.250. The van der Waals surface area contributed by atoms with E-state index in [1.165, 1.54) is 43.3 Å². The summed E-state index contributed by atoms with van der Waals surface area (Å²) in [7, 11) is 0.